The van der Waals surface area contributed by atoms with Gasteiger partial charge < -0.3 is 4.90 Å². The van der Waals surface area contributed by atoms with E-state index in [9.17, 15) is 13.2 Å². The number of carbonyl (C=O) groups is 1. The molecule has 2 aliphatic rings. The first-order chi connectivity index (χ1) is 14.6. The number of carbonyl (C=O) groups excluding carboxylic acids is 1. The number of pyridine rings is 1. The normalized spacial score (nSPS) is 18.6. The van der Waals surface area contributed by atoms with Gasteiger partial charge in [-0.05, 0) is 43.7 Å². The van der Waals surface area contributed by atoms with Crippen LogP contribution in [0, 0.1) is 0 Å². The monoisotopic (exact) mass is 428 g/mol. The molecule has 0 bridgehead atoms. The highest BCUT2D eigenvalue weighted by molar-refractivity contribution is 7.90. The van der Waals surface area contributed by atoms with Gasteiger partial charge in [-0.15, -0.1) is 0 Å². The van der Waals surface area contributed by atoms with Crippen molar-refractivity contribution in [1.29, 1.82) is 0 Å². The highest BCUT2D eigenvalue weighted by Crippen LogP contribution is 2.30. The summed E-state index contributed by atoms with van der Waals surface area (Å²) >= 11 is 0. The van der Waals surface area contributed by atoms with E-state index in [0.717, 1.165) is 62.1 Å². The maximum Gasteiger partial charge on any atom is 0.269 e. The van der Waals surface area contributed by atoms with Crippen molar-refractivity contribution in [1.82, 2.24) is 14.2 Å². The fourth-order valence-corrected chi connectivity index (χ4v) is 5.75. The number of fused-ring (bicyclic) bond motifs is 1. The molecule has 2 aliphatic heterocycles. The number of sulfonamides is 1. The Bertz CT molecular complexity index is 973. The SMILES string of the molecule is O=C1c2ccccc2S(=O)(=O)N1CCCCCCN1CCN(c2ccccn2)CC1. The minimum atomic E-state index is -3.67. The Morgan fingerprint density at radius 3 is 2.23 bits per heavy atom. The molecular formula is C22H28N4O3S. The summed E-state index contributed by atoms with van der Waals surface area (Å²) in [6, 6.07) is 12.5. The molecule has 30 heavy (non-hydrogen) atoms. The van der Waals surface area contributed by atoms with Crippen LogP contribution in [0.1, 0.15) is 36.0 Å². The molecule has 0 unspecified atom stereocenters. The van der Waals surface area contributed by atoms with Crippen LogP contribution >= 0.6 is 0 Å². The largest absolute Gasteiger partial charge is 0.354 e. The van der Waals surface area contributed by atoms with Crippen molar-refractivity contribution in [2.45, 2.75) is 30.6 Å². The van der Waals surface area contributed by atoms with Gasteiger partial charge in [0.2, 0.25) is 0 Å². The molecule has 4 rings (SSSR count). The van der Waals surface area contributed by atoms with E-state index >= 15 is 0 Å². The van der Waals surface area contributed by atoms with Crippen LogP contribution in [0.2, 0.25) is 0 Å². The van der Waals surface area contributed by atoms with Crippen molar-refractivity contribution in [3.8, 4) is 0 Å². The molecule has 8 heteroatoms. The smallest absolute Gasteiger partial charge is 0.269 e. The van der Waals surface area contributed by atoms with Gasteiger partial charge >= 0.3 is 0 Å². The van der Waals surface area contributed by atoms with E-state index in [2.05, 4.69) is 20.9 Å². The second-order valence-electron chi connectivity index (χ2n) is 7.81. The van der Waals surface area contributed by atoms with E-state index in [-0.39, 0.29) is 11.4 Å². The molecule has 0 N–H and O–H groups in total. The molecule has 0 saturated carbocycles. The third-order valence-electron chi connectivity index (χ3n) is 5.84. The molecule has 0 spiro atoms. The van der Waals surface area contributed by atoms with E-state index in [1.807, 2.05) is 18.3 Å². The van der Waals surface area contributed by atoms with E-state index in [4.69, 9.17) is 0 Å². The average Bonchev–Trinajstić information content (AvgIpc) is 2.97. The highest BCUT2D eigenvalue weighted by atomic mass is 32.2. The van der Waals surface area contributed by atoms with E-state index in [1.165, 1.54) is 6.07 Å². The molecule has 7 nitrogen and oxygen atoms in total. The topological polar surface area (TPSA) is 73.8 Å². The number of benzene rings is 1. The second-order valence-corrected chi connectivity index (χ2v) is 9.64. The quantitative estimate of drug-likeness (QED) is 0.602. The zero-order valence-corrected chi connectivity index (χ0v) is 17.9. The zero-order valence-electron chi connectivity index (χ0n) is 17.1. The van der Waals surface area contributed by atoms with Crippen LogP contribution in [0.5, 0.6) is 0 Å². The summed E-state index contributed by atoms with van der Waals surface area (Å²) in [5.74, 6) is 0.655. The van der Waals surface area contributed by atoms with Gasteiger partial charge in [-0.3, -0.25) is 9.69 Å². The number of unbranched alkanes of at least 4 members (excludes halogenated alkanes) is 3. The first kappa shape index (κ1) is 20.8. The lowest BCUT2D eigenvalue weighted by Gasteiger charge is -2.35. The predicted octanol–water partition coefficient (Wildman–Crippen LogP) is 2.61. The fraction of sp³-hybridized carbons (Fsp3) is 0.455. The summed E-state index contributed by atoms with van der Waals surface area (Å²) in [5.41, 5.74) is 0.294. The number of aromatic nitrogens is 1. The number of hydrogen-bond acceptors (Lipinski definition) is 6. The van der Waals surface area contributed by atoms with Gasteiger partial charge in [0, 0.05) is 38.9 Å². The third kappa shape index (κ3) is 4.34. The van der Waals surface area contributed by atoms with Gasteiger partial charge in [0.15, 0.2) is 0 Å². The van der Waals surface area contributed by atoms with Crippen molar-refractivity contribution >= 4 is 21.7 Å². The molecule has 2 aromatic rings. The Morgan fingerprint density at radius 2 is 1.53 bits per heavy atom. The molecule has 0 atom stereocenters. The minimum absolute atomic E-state index is 0.139. The van der Waals surface area contributed by atoms with Gasteiger partial charge in [0.25, 0.3) is 15.9 Å². The lowest BCUT2D eigenvalue weighted by Crippen LogP contribution is -2.46. The Morgan fingerprint density at radius 1 is 0.833 bits per heavy atom. The minimum Gasteiger partial charge on any atom is -0.354 e. The molecule has 160 valence electrons. The average molecular weight is 429 g/mol. The molecule has 1 fully saturated rings. The molecule has 0 radical (unpaired) electrons. The Hall–Kier alpha value is -2.45. The van der Waals surface area contributed by atoms with Gasteiger partial charge in [-0.2, -0.15) is 0 Å². The summed E-state index contributed by atoms with van der Waals surface area (Å²) < 4.78 is 26.1. The number of amides is 1. The molecule has 1 amide bonds. The molecule has 1 aromatic heterocycles. The van der Waals surface area contributed by atoms with Crippen molar-refractivity contribution in [3.05, 3.63) is 54.2 Å². The van der Waals surface area contributed by atoms with Crippen LogP contribution in [0.15, 0.2) is 53.6 Å². The molecule has 0 aliphatic carbocycles. The summed E-state index contributed by atoms with van der Waals surface area (Å²) in [7, 11) is -3.67. The lowest BCUT2D eigenvalue weighted by molar-refractivity contribution is 0.0869. The van der Waals surface area contributed by atoms with Gasteiger partial charge in [-0.1, -0.05) is 31.0 Å². The Kier molecular flexibility index (Phi) is 6.34. The van der Waals surface area contributed by atoms with Gasteiger partial charge in [0.05, 0.1) is 5.56 Å². The fourth-order valence-electron chi connectivity index (χ4n) is 4.14. The number of piperazine rings is 1. The molecular weight excluding hydrogens is 400 g/mol. The van der Waals surface area contributed by atoms with Crippen molar-refractivity contribution in [2.24, 2.45) is 0 Å². The Labute approximate surface area is 178 Å². The number of anilines is 1. The number of rotatable bonds is 8. The van der Waals surface area contributed by atoms with Crippen LogP contribution in [0.25, 0.3) is 0 Å². The van der Waals surface area contributed by atoms with Crippen molar-refractivity contribution in [3.63, 3.8) is 0 Å². The molecule has 1 saturated heterocycles. The molecule has 3 heterocycles. The maximum atomic E-state index is 12.5. The first-order valence-corrected chi connectivity index (χ1v) is 12.1. The summed E-state index contributed by atoms with van der Waals surface area (Å²) in [6.07, 6.45) is 5.58. The van der Waals surface area contributed by atoms with E-state index < -0.39 is 15.9 Å². The number of nitrogens with zero attached hydrogens (tertiary/aromatic N) is 4. The van der Waals surface area contributed by atoms with Crippen LogP contribution in [-0.2, 0) is 10.0 Å². The predicted molar refractivity (Wildman–Crippen MR) is 116 cm³/mol. The van der Waals surface area contributed by atoms with Gasteiger partial charge in [0.1, 0.15) is 10.7 Å². The standard InChI is InChI=1S/C22H28N4O3S/c27-22-19-9-3-4-10-20(19)30(28,29)26(22)14-8-2-1-7-13-24-15-17-25(18-16-24)21-11-5-6-12-23-21/h3-6,9-12H,1-2,7-8,13-18H2. The third-order valence-corrected chi connectivity index (χ3v) is 7.68. The molecule has 1 aromatic carbocycles. The van der Waals surface area contributed by atoms with Crippen LogP contribution in [0.4, 0.5) is 5.82 Å². The van der Waals surface area contributed by atoms with Crippen molar-refractivity contribution < 1.29 is 13.2 Å². The van der Waals surface area contributed by atoms with E-state index in [0.29, 0.717) is 12.0 Å². The summed E-state index contributed by atoms with van der Waals surface area (Å²) in [5, 5.41) is 0. The van der Waals surface area contributed by atoms with Crippen molar-refractivity contribution in [2.75, 3.05) is 44.2 Å². The van der Waals surface area contributed by atoms with Crippen LogP contribution in [0.3, 0.4) is 0 Å². The second kappa shape index (κ2) is 9.14. The highest BCUT2D eigenvalue weighted by Gasteiger charge is 2.40. The van der Waals surface area contributed by atoms with Crippen LogP contribution < -0.4 is 4.90 Å². The lowest BCUT2D eigenvalue weighted by atomic mass is 10.1. The Balaban J connectivity index is 1.14. The first-order valence-electron chi connectivity index (χ1n) is 10.6. The van der Waals surface area contributed by atoms with Crippen LogP contribution in [-0.4, -0.2) is 67.8 Å². The maximum absolute atomic E-state index is 12.5. The van der Waals surface area contributed by atoms with E-state index in [1.54, 1.807) is 18.2 Å². The zero-order chi connectivity index (χ0) is 21.0. The number of hydrogen-bond donors (Lipinski definition) is 0. The summed E-state index contributed by atoms with van der Waals surface area (Å²) in [4.78, 5) is 21.8. The summed E-state index contributed by atoms with van der Waals surface area (Å²) in [6.45, 7) is 5.38. The van der Waals surface area contributed by atoms with Gasteiger partial charge in [-0.25, -0.2) is 17.7 Å².